The van der Waals surface area contributed by atoms with Gasteiger partial charge in [0.15, 0.2) is 0 Å². The number of rotatable bonds is 6. The van der Waals surface area contributed by atoms with Gasteiger partial charge in [-0.25, -0.2) is 0 Å². The first-order valence-electron chi connectivity index (χ1n) is 6.36. The highest BCUT2D eigenvalue weighted by Gasteiger charge is 2.07. The van der Waals surface area contributed by atoms with Crippen molar-refractivity contribution in [2.24, 2.45) is 0 Å². The van der Waals surface area contributed by atoms with Gasteiger partial charge in [0, 0.05) is 24.0 Å². The monoisotopic (exact) mass is 244 g/mol. The van der Waals surface area contributed by atoms with Crippen molar-refractivity contribution < 1.29 is 4.74 Å². The molecule has 0 aliphatic rings. The van der Waals surface area contributed by atoms with Gasteiger partial charge in [-0.3, -0.25) is 0 Å². The standard InChI is InChI=1S/C15H20N2O/c1-3-8-16-11-12-10-13(18-2)6-7-14(12)15-5-4-9-17-15/h4-7,9-10,16-17H,3,8,11H2,1-2H3. The number of ether oxygens (including phenoxy) is 1. The summed E-state index contributed by atoms with van der Waals surface area (Å²) in [4.78, 5) is 3.25. The highest BCUT2D eigenvalue weighted by atomic mass is 16.5. The quantitative estimate of drug-likeness (QED) is 0.766. The van der Waals surface area contributed by atoms with Gasteiger partial charge in [0.2, 0.25) is 0 Å². The van der Waals surface area contributed by atoms with E-state index in [2.05, 4.69) is 35.4 Å². The number of hydrogen-bond acceptors (Lipinski definition) is 2. The van der Waals surface area contributed by atoms with E-state index in [1.165, 1.54) is 11.1 Å². The number of methoxy groups -OCH3 is 1. The Morgan fingerprint density at radius 1 is 1.28 bits per heavy atom. The number of nitrogens with one attached hydrogen (secondary N) is 2. The predicted octanol–water partition coefficient (Wildman–Crippen LogP) is 3.19. The number of benzene rings is 1. The van der Waals surface area contributed by atoms with Gasteiger partial charge in [-0.05, 0) is 48.9 Å². The van der Waals surface area contributed by atoms with Crippen molar-refractivity contribution in [2.45, 2.75) is 19.9 Å². The minimum Gasteiger partial charge on any atom is -0.497 e. The molecule has 18 heavy (non-hydrogen) atoms. The molecule has 2 aromatic rings. The predicted molar refractivity (Wildman–Crippen MR) is 74.8 cm³/mol. The third kappa shape index (κ3) is 2.93. The lowest BCUT2D eigenvalue weighted by Gasteiger charge is -2.11. The van der Waals surface area contributed by atoms with Crippen LogP contribution in [0.2, 0.25) is 0 Å². The van der Waals surface area contributed by atoms with Crippen molar-refractivity contribution in [3.63, 3.8) is 0 Å². The molecule has 1 aromatic carbocycles. The minimum absolute atomic E-state index is 0.861. The fourth-order valence-corrected chi connectivity index (χ4v) is 2.00. The van der Waals surface area contributed by atoms with Gasteiger partial charge in [0.05, 0.1) is 7.11 Å². The molecule has 0 aliphatic heterocycles. The zero-order chi connectivity index (χ0) is 12.8. The zero-order valence-electron chi connectivity index (χ0n) is 11.0. The summed E-state index contributed by atoms with van der Waals surface area (Å²) in [7, 11) is 1.70. The van der Waals surface area contributed by atoms with Gasteiger partial charge in [-0.2, -0.15) is 0 Å². The summed E-state index contributed by atoms with van der Waals surface area (Å²) in [6.45, 7) is 4.06. The highest BCUT2D eigenvalue weighted by Crippen LogP contribution is 2.26. The number of aromatic nitrogens is 1. The van der Waals surface area contributed by atoms with E-state index in [1.807, 2.05) is 18.3 Å². The van der Waals surface area contributed by atoms with E-state index in [0.717, 1.165) is 31.0 Å². The Morgan fingerprint density at radius 2 is 2.17 bits per heavy atom. The second-order valence-corrected chi connectivity index (χ2v) is 4.28. The molecular weight excluding hydrogens is 224 g/mol. The number of aromatic amines is 1. The first-order chi connectivity index (χ1) is 8.85. The molecule has 0 bridgehead atoms. The molecule has 3 heteroatoms. The number of hydrogen-bond donors (Lipinski definition) is 2. The lowest BCUT2D eigenvalue weighted by molar-refractivity contribution is 0.414. The first kappa shape index (κ1) is 12.7. The summed E-state index contributed by atoms with van der Waals surface area (Å²) in [6.07, 6.45) is 3.09. The zero-order valence-corrected chi connectivity index (χ0v) is 11.0. The van der Waals surface area contributed by atoms with Gasteiger partial charge in [0.25, 0.3) is 0 Å². The van der Waals surface area contributed by atoms with Gasteiger partial charge in [-0.1, -0.05) is 6.92 Å². The second-order valence-electron chi connectivity index (χ2n) is 4.28. The van der Waals surface area contributed by atoms with Crippen LogP contribution in [0.5, 0.6) is 5.75 Å². The van der Waals surface area contributed by atoms with E-state index in [9.17, 15) is 0 Å². The van der Waals surface area contributed by atoms with Gasteiger partial charge >= 0.3 is 0 Å². The molecule has 0 spiro atoms. The van der Waals surface area contributed by atoms with Crippen LogP contribution in [0.1, 0.15) is 18.9 Å². The Kier molecular flexibility index (Phi) is 4.42. The van der Waals surface area contributed by atoms with Crippen molar-refractivity contribution in [1.82, 2.24) is 10.3 Å². The molecule has 0 aliphatic carbocycles. The molecule has 0 fully saturated rings. The fourth-order valence-electron chi connectivity index (χ4n) is 2.00. The lowest BCUT2D eigenvalue weighted by atomic mass is 10.0. The van der Waals surface area contributed by atoms with Gasteiger partial charge in [0.1, 0.15) is 5.75 Å². The molecule has 96 valence electrons. The van der Waals surface area contributed by atoms with Gasteiger partial charge < -0.3 is 15.0 Å². The summed E-state index contributed by atoms with van der Waals surface area (Å²) in [5.74, 6) is 0.901. The van der Waals surface area contributed by atoms with E-state index < -0.39 is 0 Å². The molecule has 0 saturated heterocycles. The minimum atomic E-state index is 0.861. The second kappa shape index (κ2) is 6.26. The number of H-pyrrole nitrogens is 1. The third-order valence-corrected chi connectivity index (χ3v) is 2.94. The van der Waals surface area contributed by atoms with Crippen molar-refractivity contribution in [1.29, 1.82) is 0 Å². The van der Waals surface area contributed by atoms with Crippen LogP contribution in [0.15, 0.2) is 36.5 Å². The molecule has 2 rings (SSSR count). The molecule has 0 saturated carbocycles. The summed E-state index contributed by atoms with van der Waals surface area (Å²) < 4.78 is 5.30. The Hall–Kier alpha value is -1.74. The molecule has 1 heterocycles. The SMILES string of the molecule is CCCNCc1cc(OC)ccc1-c1ccc[nH]1. The van der Waals surface area contributed by atoms with E-state index in [1.54, 1.807) is 7.11 Å². The van der Waals surface area contributed by atoms with Crippen LogP contribution in [-0.2, 0) is 6.54 Å². The molecule has 1 aromatic heterocycles. The molecule has 0 unspecified atom stereocenters. The normalized spacial score (nSPS) is 10.6. The Balaban J connectivity index is 2.27. The molecule has 0 amide bonds. The summed E-state index contributed by atoms with van der Waals surface area (Å²) in [6, 6.07) is 10.3. The Labute approximate surface area is 108 Å². The third-order valence-electron chi connectivity index (χ3n) is 2.94. The first-order valence-corrected chi connectivity index (χ1v) is 6.36. The summed E-state index contributed by atoms with van der Waals surface area (Å²) in [5, 5.41) is 3.44. The van der Waals surface area contributed by atoms with E-state index >= 15 is 0 Å². The largest absolute Gasteiger partial charge is 0.497 e. The Morgan fingerprint density at radius 3 is 2.83 bits per heavy atom. The average Bonchev–Trinajstić information content (AvgIpc) is 2.92. The highest BCUT2D eigenvalue weighted by molar-refractivity contribution is 5.65. The Bertz CT molecular complexity index is 477. The maximum Gasteiger partial charge on any atom is 0.119 e. The smallest absolute Gasteiger partial charge is 0.119 e. The fraction of sp³-hybridized carbons (Fsp3) is 0.333. The maximum absolute atomic E-state index is 5.30. The molecular formula is C15H20N2O. The van der Waals surface area contributed by atoms with E-state index in [4.69, 9.17) is 4.74 Å². The van der Waals surface area contributed by atoms with Crippen LogP contribution in [0.4, 0.5) is 0 Å². The van der Waals surface area contributed by atoms with Crippen LogP contribution in [0.25, 0.3) is 11.3 Å². The van der Waals surface area contributed by atoms with E-state index in [0.29, 0.717) is 0 Å². The molecule has 3 nitrogen and oxygen atoms in total. The van der Waals surface area contributed by atoms with Crippen molar-refractivity contribution in [3.05, 3.63) is 42.1 Å². The summed E-state index contributed by atoms with van der Waals surface area (Å²) in [5.41, 5.74) is 3.63. The van der Waals surface area contributed by atoms with Crippen LogP contribution in [-0.4, -0.2) is 18.6 Å². The molecule has 2 N–H and O–H groups in total. The van der Waals surface area contributed by atoms with Crippen LogP contribution >= 0.6 is 0 Å². The maximum atomic E-state index is 5.30. The topological polar surface area (TPSA) is 37.0 Å². The van der Waals surface area contributed by atoms with Crippen molar-refractivity contribution >= 4 is 0 Å². The van der Waals surface area contributed by atoms with Crippen LogP contribution in [0.3, 0.4) is 0 Å². The summed E-state index contributed by atoms with van der Waals surface area (Å²) >= 11 is 0. The van der Waals surface area contributed by atoms with Crippen LogP contribution < -0.4 is 10.1 Å². The van der Waals surface area contributed by atoms with Crippen LogP contribution in [0, 0.1) is 0 Å². The van der Waals surface area contributed by atoms with E-state index in [-0.39, 0.29) is 0 Å². The lowest BCUT2D eigenvalue weighted by Crippen LogP contribution is -2.14. The average molecular weight is 244 g/mol. The van der Waals surface area contributed by atoms with Crippen molar-refractivity contribution in [2.75, 3.05) is 13.7 Å². The van der Waals surface area contributed by atoms with Gasteiger partial charge in [-0.15, -0.1) is 0 Å². The molecule has 0 atom stereocenters. The van der Waals surface area contributed by atoms with Crippen molar-refractivity contribution in [3.8, 4) is 17.0 Å². The molecule has 0 radical (unpaired) electrons.